The van der Waals surface area contributed by atoms with Gasteiger partial charge in [0, 0.05) is 25.6 Å². The Labute approximate surface area is 113 Å². The number of anilines is 1. The van der Waals surface area contributed by atoms with E-state index in [9.17, 15) is 0 Å². The lowest BCUT2D eigenvalue weighted by Gasteiger charge is -2.09. The Balaban J connectivity index is 1.83. The number of fused-ring (bicyclic) bond motifs is 1. The first-order valence-electron chi connectivity index (χ1n) is 6.87. The highest BCUT2D eigenvalue weighted by Gasteiger charge is 2.25. The van der Waals surface area contributed by atoms with Crippen molar-refractivity contribution in [2.75, 3.05) is 5.32 Å². The van der Waals surface area contributed by atoms with E-state index in [0.29, 0.717) is 5.92 Å². The molecule has 0 aliphatic carbocycles. The van der Waals surface area contributed by atoms with Gasteiger partial charge in [0.1, 0.15) is 5.82 Å². The molecule has 1 aliphatic rings. The van der Waals surface area contributed by atoms with Crippen molar-refractivity contribution in [2.45, 2.75) is 32.7 Å². The van der Waals surface area contributed by atoms with E-state index in [2.05, 4.69) is 48.5 Å². The molecule has 1 unspecified atom stereocenters. The van der Waals surface area contributed by atoms with Crippen molar-refractivity contribution in [1.82, 2.24) is 14.8 Å². The molecule has 0 spiro atoms. The fourth-order valence-corrected chi connectivity index (χ4v) is 2.66. The molecule has 1 N–H and O–H groups in total. The van der Waals surface area contributed by atoms with Crippen LogP contribution in [0.3, 0.4) is 0 Å². The third kappa shape index (κ3) is 2.35. The summed E-state index contributed by atoms with van der Waals surface area (Å²) in [6.45, 7) is 4.39. The van der Waals surface area contributed by atoms with Gasteiger partial charge >= 0.3 is 0 Å². The van der Waals surface area contributed by atoms with Gasteiger partial charge in [-0.2, -0.15) is 5.10 Å². The zero-order valence-electron chi connectivity index (χ0n) is 11.7. The number of hydrogen-bond acceptors (Lipinski definition) is 3. The molecule has 4 heteroatoms. The van der Waals surface area contributed by atoms with Crippen molar-refractivity contribution in [3.8, 4) is 0 Å². The summed E-state index contributed by atoms with van der Waals surface area (Å²) in [5.74, 6) is 2.57. The lowest BCUT2D eigenvalue weighted by Crippen LogP contribution is -2.12. The molecule has 0 saturated carbocycles. The van der Waals surface area contributed by atoms with Gasteiger partial charge in [0.05, 0.1) is 6.04 Å². The maximum Gasteiger partial charge on any atom is 0.151 e. The second-order valence-corrected chi connectivity index (χ2v) is 5.67. The second-order valence-electron chi connectivity index (χ2n) is 5.67. The molecule has 0 bridgehead atoms. The molecule has 4 nitrogen and oxygen atoms in total. The summed E-state index contributed by atoms with van der Waals surface area (Å²) < 4.78 is 1.92. The first kappa shape index (κ1) is 12.2. The average Bonchev–Trinajstić information content (AvgIpc) is 2.91. The molecular weight excluding hydrogens is 236 g/mol. The van der Waals surface area contributed by atoms with Crippen LogP contribution in [0.15, 0.2) is 24.3 Å². The molecule has 19 heavy (non-hydrogen) atoms. The van der Waals surface area contributed by atoms with Gasteiger partial charge in [0.2, 0.25) is 0 Å². The summed E-state index contributed by atoms with van der Waals surface area (Å²) in [5.41, 5.74) is 2.59. The summed E-state index contributed by atoms with van der Waals surface area (Å²) in [4.78, 5) is 4.70. The fourth-order valence-electron chi connectivity index (χ4n) is 2.66. The Kier molecular flexibility index (Phi) is 3.01. The van der Waals surface area contributed by atoms with Crippen molar-refractivity contribution in [3.63, 3.8) is 0 Å². The Morgan fingerprint density at radius 3 is 2.89 bits per heavy atom. The van der Waals surface area contributed by atoms with Crippen LogP contribution in [0, 0.1) is 5.92 Å². The number of nitrogens with zero attached hydrogens (tertiary/aromatic N) is 3. The predicted molar refractivity (Wildman–Crippen MR) is 76.1 cm³/mol. The van der Waals surface area contributed by atoms with Crippen LogP contribution in [0.1, 0.15) is 37.1 Å². The van der Waals surface area contributed by atoms with E-state index in [-0.39, 0.29) is 6.04 Å². The van der Waals surface area contributed by atoms with Crippen LogP contribution in [0.5, 0.6) is 0 Å². The minimum atomic E-state index is 0.246. The molecule has 1 aromatic carbocycles. The van der Waals surface area contributed by atoms with Crippen molar-refractivity contribution in [2.24, 2.45) is 13.0 Å². The average molecular weight is 256 g/mol. The van der Waals surface area contributed by atoms with Crippen molar-refractivity contribution >= 4 is 5.69 Å². The smallest absolute Gasteiger partial charge is 0.151 e. The lowest BCUT2D eigenvalue weighted by molar-refractivity contribution is 0.609. The van der Waals surface area contributed by atoms with E-state index < -0.39 is 0 Å². The van der Waals surface area contributed by atoms with Crippen molar-refractivity contribution in [1.29, 1.82) is 0 Å². The summed E-state index contributed by atoms with van der Waals surface area (Å²) in [6, 6.07) is 8.70. The highest BCUT2D eigenvalue weighted by molar-refractivity contribution is 5.57. The molecule has 1 aliphatic heterocycles. The zero-order chi connectivity index (χ0) is 13.4. The Hall–Kier alpha value is -1.84. The van der Waals surface area contributed by atoms with Crippen LogP contribution in [0.25, 0.3) is 0 Å². The molecule has 0 saturated heterocycles. The summed E-state index contributed by atoms with van der Waals surface area (Å²) in [5, 5.41) is 8.06. The standard InChI is InChI=1S/C15H20N4/c1-10(2)8-14-17-15(19(3)18-14)13-9-11-6-4-5-7-12(11)16-13/h4-7,10,13,16H,8-9H2,1-3H3. The highest BCUT2D eigenvalue weighted by Crippen LogP contribution is 2.32. The molecule has 1 atom stereocenters. The first-order chi connectivity index (χ1) is 9.13. The number of rotatable bonds is 3. The van der Waals surface area contributed by atoms with E-state index in [1.165, 1.54) is 11.3 Å². The Bertz CT molecular complexity index is 561. The predicted octanol–water partition coefficient (Wildman–Crippen LogP) is 2.72. The van der Waals surface area contributed by atoms with Crippen LogP contribution < -0.4 is 5.32 Å². The van der Waals surface area contributed by atoms with Crippen molar-refractivity contribution < 1.29 is 0 Å². The molecule has 0 fully saturated rings. The van der Waals surface area contributed by atoms with Gasteiger partial charge in [-0.1, -0.05) is 32.0 Å². The van der Waals surface area contributed by atoms with Gasteiger partial charge in [0.15, 0.2) is 5.82 Å². The Morgan fingerprint density at radius 1 is 1.37 bits per heavy atom. The largest absolute Gasteiger partial charge is 0.375 e. The molecule has 1 aromatic heterocycles. The third-order valence-corrected chi connectivity index (χ3v) is 3.51. The maximum atomic E-state index is 4.70. The van der Waals surface area contributed by atoms with E-state index in [1.54, 1.807) is 0 Å². The van der Waals surface area contributed by atoms with E-state index >= 15 is 0 Å². The molecule has 2 aromatic rings. The number of nitrogens with one attached hydrogen (secondary N) is 1. The van der Waals surface area contributed by atoms with Crippen LogP contribution >= 0.6 is 0 Å². The molecule has 0 amide bonds. The van der Waals surface area contributed by atoms with E-state index in [4.69, 9.17) is 4.98 Å². The molecule has 0 radical (unpaired) electrons. The molecule has 3 rings (SSSR count). The molecular formula is C15H20N4. The summed E-state index contributed by atoms with van der Waals surface area (Å²) in [7, 11) is 1.98. The minimum absolute atomic E-state index is 0.246. The van der Waals surface area contributed by atoms with Gasteiger partial charge in [-0.05, 0) is 17.5 Å². The quantitative estimate of drug-likeness (QED) is 0.918. The molecule has 100 valence electrons. The molecule has 2 heterocycles. The van der Waals surface area contributed by atoms with E-state index in [1.807, 2.05) is 11.7 Å². The van der Waals surface area contributed by atoms with Gasteiger partial charge in [-0.25, -0.2) is 4.98 Å². The number of hydrogen-bond donors (Lipinski definition) is 1. The van der Waals surface area contributed by atoms with Crippen LogP contribution in [0.2, 0.25) is 0 Å². The number of para-hydroxylation sites is 1. The highest BCUT2D eigenvalue weighted by atomic mass is 15.3. The summed E-state index contributed by atoms with van der Waals surface area (Å²) in [6.07, 6.45) is 1.93. The summed E-state index contributed by atoms with van der Waals surface area (Å²) >= 11 is 0. The first-order valence-corrected chi connectivity index (χ1v) is 6.87. The van der Waals surface area contributed by atoms with Crippen LogP contribution in [0.4, 0.5) is 5.69 Å². The number of aromatic nitrogens is 3. The van der Waals surface area contributed by atoms with Crippen molar-refractivity contribution in [3.05, 3.63) is 41.5 Å². The maximum absolute atomic E-state index is 4.70. The minimum Gasteiger partial charge on any atom is -0.375 e. The number of aryl methyl sites for hydroxylation is 1. The third-order valence-electron chi connectivity index (χ3n) is 3.51. The van der Waals surface area contributed by atoms with Gasteiger partial charge in [0.25, 0.3) is 0 Å². The van der Waals surface area contributed by atoms with Gasteiger partial charge in [-0.15, -0.1) is 0 Å². The second kappa shape index (κ2) is 4.68. The zero-order valence-corrected chi connectivity index (χ0v) is 11.7. The normalized spacial score (nSPS) is 17.6. The van der Waals surface area contributed by atoms with E-state index in [0.717, 1.165) is 24.5 Å². The lowest BCUT2D eigenvalue weighted by atomic mass is 10.1. The van der Waals surface area contributed by atoms with Gasteiger partial charge < -0.3 is 5.32 Å². The van der Waals surface area contributed by atoms with Crippen LogP contribution in [-0.4, -0.2) is 14.8 Å². The topological polar surface area (TPSA) is 42.7 Å². The Morgan fingerprint density at radius 2 is 2.16 bits per heavy atom. The van der Waals surface area contributed by atoms with Crippen LogP contribution in [-0.2, 0) is 19.9 Å². The number of benzene rings is 1. The van der Waals surface area contributed by atoms with Gasteiger partial charge in [-0.3, -0.25) is 4.68 Å². The fraction of sp³-hybridized carbons (Fsp3) is 0.467. The monoisotopic (exact) mass is 256 g/mol. The SMILES string of the molecule is CC(C)Cc1nc(C2Cc3ccccc3N2)n(C)n1.